The molecule has 1 N–H and O–H groups in total. The minimum atomic E-state index is -4.58. The summed E-state index contributed by atoms with van der Waals surface area (Å²) >= 11 is 0. The number of aliphatic carboxylic acids is 1. The summed E-state index contributed by atoms with van der Waals surface area (Å²) in [6.45, 7) is 1.36. The molecule has 1 unspecified atom stereocenters. The van der Waals surface area contributed by atoms with Gasteiger partial charge in [-0.25, -0.2) is 9.78 Å². The van der Waals surface area contributed by atoms with Crippen molar-refractivity contribution in [3.05, 3.63) is 48.2 Å². The van der Waals surface area contributed by atoms with Crippen LogP contribution in [0, 0.1) is 0 Å². The van der Waals surface area contributed by atoms with Gasteiger partial charge in [0.05, 0.1) is 0 Å². The Kier molecular flexibility index (Phi) is 4.73. The molecule has 0 aliphatic rings. The molecule has 0 spiro atoms. The highest BCUT2D eigenvalue weighted by Crippen LogP contribution is 2.36. The Morgan fingerprint density at radius 3 is 2.35 bits per heavy atom. The molecule has 2 rings (SSSR count). The van der Waals surface area contributed by atoms with E-state index in [4.69, 9.17) is 14.6 Å². The van der Waals surface area contributed by atoms with E-state index in [1.165, 1.54) is 43.5 Å². The molecular formula is C15H12F3NO4. The number of hydrogen-bond acceptors (Lipinski definition) is 4. The first kappa shape index (κ1) is 16.6. The topological polar surface area (TPSA) is 68.7 Å². The van der Waals surface area contributed by atoms with Crippen LogP contribution in [-0.2, 0) is 11.0 Å². The third-order valence-electron chi connectivity index (χ3n) is 2.78. The van der Waals surface area contributed by atoms with Gasteiger partial charge in [0, 0.05) is 6.20 Å². The van der Waals surface area contributed by atoms with Crippen molar-refractivity contribution in [3.8, 4) is 17.4 Å². The number of halogens is 3. The molecule has 1 aromatic carbocycles. The van der Waals surface area contributed by atoms with Crippen molar-refractivity contribution >= 4 is 5.97 Å². The van der Waals surface area contributed by atoms with Crippen LogP contribution in [0.25, 0.3) is 0 Å². The highest BCUT2D eigenvalue weighted by atomic mass is 19.4. The molecule has 0 saturated heterocycles. The smallest absolute Gasteiger partial charge is 0.421 e. The van der Waals surface area contributed by atoms with Crippen LogP contribution in [-0.4, -0.2) is 22.2 Å². The van der Waals surface area contributed by atoms with Gasteiger partial charge in [-0.1, -0.05) is 0 Å². The lowest BCUT2D eigenvalue weighted by Gasteiger charge is -2.13. The van der Waals surface area contributed by atoms with Crippen LogP contribution < -0.4 is 9.47 Å². The Hall–Kier alpha value is -2.77. The molecule has 0 saturated carbocycles. The molecule has 1 aromatic heterocycles. The molecule has 23 heavy (non-hydrogen) atoms. The van der Waals surface area contributed by atoms with Crippen LogP contribution in [0.1, 0.15) is 12.5 Å². The van der Waals surface area contributed by atoms with Gasteiger partial charge < -0.3 is 14.6 Å². The molecule has 122 valence electrons. The first-order chi connectivity index (χ1) is 10.8. The number of carboxylic acids is 1. The third kappa shape index (κ3) is 4.35. The highest BCUT2D eigenvalue weighted by molar-refractivity contribution is 5.72. The number of nitrogens with zero attached hydrogens (tertiary/aromatic N) is 1. The summed E-state index contributed by atoms with van der Waals surface area (Å²) in [4.78, 5) is 14.3. The molecule has 5 nitrogen and oxygen atoms in total. The van der Waals surface area contributed by atoms with Gasteiger partial charge in [-0.3, -0.25) is 0 Å². The van der Waals surface area contributed by atoms with E-state index in [0.717, 1.165) is 6.07 Å². The Bertz CT molecular complexity index is 686. The van der Waals surface area contributed by atoms with Crippen LogP contribution >= 0.6 is 0 Å². The van der Waals surface area contributed by atoms with Crippen LogP contribution in [0.5, 0.6) is 17.4 Å². The van der Waals surface area contributed by atoms with E-state index in [0.29, 0.717) is 0 Å². The molecule has 0 radical (unpaired) electrons. The number of rotatable bonds is 5. The van der Waals surface area contributed by atoms with Gasteiger partial charge in [0.15, 0.2) is 6.10 Å². The highest BCUT2D eigenvalue weighted by Gasteiger charge is 2.35. The van der Waals surface area contributed by atoms with E-state index >= 15 is 0 Å². The summed E-state index contributed by atoms with van der Waals surface area (Å²) < 4.78 is 48.8. The molecular weight excluding hydrogens is 315 g/mol. The van der Waals surface area contributed by atoms with E-state index in [-0.39, 0.29) is 11.5 Å². The molecule has 1 heterocycles. The third-order valence-corrected chi connectivity index (χ3v) is 2.78. The normalized spacial score (nSPS) is 12.5. The molecule has 0 bridgehead atoms. The van der Waals surface area contributed by atoms with Gasteiger partial charge in [0.2, 0.25) is 5.88 Å². The summed E-state index contributed by atoms with van der Waals surface area (Å²) in [5.74, 6) is -1.32. The molecule has 0 amide bonds. The van der Waals surface area contributed by atoms with E-state index in [2.05, 4.69) is 4.98 Å². The van der Waals surface area contributed by atoms with Crippen molar-refractivity contribution in [1.82, 2.24) is 4.98 Å². The van der Waals surface area contributed by atoms with Gasteiger partial charge in [-0.05, 0) is 43.3 Å². The van der Waals surface area contributed by atoms with Crippen LogP contribution in [0.4, 0.5) is 13.2 Å². The van der Waals surface area contributed by atoms with Gasteiger partial charge in [0.25, 0.3) is 0 Å². The zero-order valence-electron chi connectivity index (χ0n) is 11.9. The lowest BCUT2D eigenvalue weighted by atomic mass is 10.2. The van der Waals surface area contributed by atoms with E-state index < -0.39 is 29.7 Å². The lowest BCUT2D eigenvalue weighted by molar-refractivity contribution is -0.144. The van der Waals surface area contributed by atoms with Crippen molar-refractivity contribution in [2.45, 2.75) is 19.2 Å². The van der Waals surface area contributed by atoms with Gasteiger partial charge in [-0.15, -0.1) is 0 Å². The predicted molar refractivity (Wildman–Crippen MR) is 73.5 cm³/mol. The maximum Gasteiger partial charge on any atom is 0.421 e. The molecule has 0 fully saturated rings. The largest absolute Gasteiger partial charge is 0.479 e. The number of carbonyl (C=O) groups is 1. The molecule has 1 atom stereocenters. The summed E-state index contributed by atoms with van der Waals surface area (Å²) in [5.41, 5.74) is -0.986. The number of benzene rings is 1. The Morgan fingerprint density at radius 2 is 1.78 bits per heavy atom. The quantitative estimate of drug-likeness (QED) is 0.906. The molecule has 0 aliphatic heterocycles. The van der Waals surface area contributed by atoms with Crippen molar-refractivity contribution < 1.29 is 32.5 Å². The second-order valence-electron chi connectivity index (χ2n) is 4.53. The fourth-order valence-electron chi connectivity index (χ4n) is 1.64. The standard InChI is InChI=1S/C15H12F3NO4/c1-9(14(20)21)22-10-4-6-11(7-5-10)23-13-12(15(16,17)18)3-2-8-19-13/h2-9H,1H3,(H,20,21). The maximum absolute atomic E-state index is 12.8. The number of pyridine rings is 1. The zero-order chi connectivity index (χ0) is 17.0. The number of ether oxygens (including phenoxy) is 2. The Balaban J connectivity index is 2.15. The van der Waals surface area contributed by atoms with Crippen molar-refractivity contribution in [1.29, 1.82) is 0 Å². The first-order valence-corrected chi connectivity index (χ1v) is 6.47. The monoisotopic (exact) mass is 327 g/mol. The molecule has 0 aliphatic carbocycles. The average molecular weight is 327 g/mol. The number of carboxylic acid groups (broad SMARTS) is 1. The lowest BCUT2D eigenvalue weighted by Crippen LogP contribution is -2.22. The average Bonchev–Trinajstić information content (AvgIpc) is 2.48. The Labute approximate surface area is 129 Å². The van der Waals surface area contributed by atoms with Gasteiger partial charge in [-0.2, -0.15) is 13.2 Å². The van der Waals surface area contributed by atoms with Crippen LogP contribution in [0.3, 0.4) is 0 Å². The van der Waals surface area contributed by atoms with Gasteiger partial charge in [0.1, 0.15) is 17.1 Å². The van der Waals surface area contributed by atoms with Crippen molar-refractivity contribution in [2.24, 2.45) is 0 Å². The SMILES string of the molecule is CC(Oc1ccc(Oc2ncccc2C(F)(F)F)cc1)C(=O)O. The second kappa shape index (κ2) is 6.55. The summed E-state index contributed by atoms with van der Waals surface area (Å²) in [6, 6.07) is 7.54. The maximum atomic E-state index is 12.8. The number of hydrogen-bond donors (Lipinski definition) is 1. The summed E-state index contributed by atoms with van der Waals surface area (Å²) in [6.07, 6.45) is -4.44. The van der Waals surface area contributed by atoms with E-state index in [1.54, 1.807) is 0 Å². The molecule has 8 heteroatoms. The minimum absolute atomic E-state index is 0.115. The summed E-state index contributed by atoms with van der Waals surface area (Å²) in [7, 11) is 0. The molecule has 2 aromatic rings. The van der Waals surface area contributed by atoms with Crippen molar-refractivity contribution in [3.63, 3.8) is 0 Å². The summed E-state index contributed by atoms with van der Waals surface area (Å²) in [5, 5.41) is 8.74. The number of aromatic nitrogens is 1. The predicted octanol–water partition coefficient (Wildman–Crippen LogP) is 3.74. The first-order valence-electron chi connectivity index (χ1n) is 6.47. The van der Waals surface area contributed by atoms with Crippen molar-refractivity contribution in [2.75, 3.05) is 0 Å². The minimum Gasteiger partial charge on any atom is -0.479 e. The van der Waals surface area contributed by atoms with E-state index in [9.17, 15) is 18.0 Å². The fourth-order valence-corrected chi connectivity index (χ4v) is 1.64. The number of alkyl halides is 3. The zero-order valence-corrected chi connectivity index (χ0v) is 11.9. The van der Waals surface area contributed by atoms with Gasteiger partial charge >= 0.3 is 12.1 Å². The van der Waals surface area contributed by atoms with Crippen LogP contribution in [0.15, 0.2) is 42.6 Å². The van der Waals surface area contributed by atoms with Crippen LogP contribution in [0.2, 0.25) is 0 Å². The van der Waals surface area contributed by atoms with E-state index in [1.807, 2.05) is 0 Å². The second-order valence-corrected chi connectivity index (χ2v) is 4.53. The fraction of sp³-hybridized carbons (Fsp3) is 0.200. The Morgan fingerprint density at radius 1 is 1.17 bits per heavy atom.